The Labute approximate surface area is 198 Å². The lowest BCUT2D eigenvalue weighted by atomic mass is 10.0. The minimum atomic E-state index is -0.127. The average molecular weight is 455 g/mol. The smallest absolute Gasteiger partial charge is 0.297 e. The van der Waals surface area contributed by atoms with E-state index in [4.69, 9.17) is 4.99 Å². The number of hydrogen-bond acceptors (Lipinski definition) is 3. The largest absolute Gasteiger partial charge is 0.351 e. The third-order valence-electron chi connectivity index (χ3n) is 5.80. The first-order valence-electron chi connectivity index (χ1n) is 10.7. The van der Waals surface area contributed by atoms with E-state index in [2.05, 4.69) is 24.4 Å². The van der Waals surface area contributed by atoms with E-state index in [0.717, 1.165) is 35.8 Å². The summed E-state index contributed by atoms with van der Waals surface area (Å²) >= 11 is 0. The predicted molar refractivity (Wildman–Crippen MR) is 138 cm³/mol. The zero-order valence-corrected chi connectivity index (χ0v) is 19.0. The van der Waals surface area contributed by atoms with E-state index in [1.54, 1.807) is 4.68 Å². The molecule has 2 aromatic rings. The van der Waals surface area contributed by atoms with Crippen LogP contribution in [0, 0.1) is 6.92 Å². The fourth-order valence-corrected chi connectivity index (χ4v) is 3.90. The van der Waals surface area contributed by atoms with Gasteiger partial charge in [0.25, 0.3) is 5.56 Å². The molecule has 0 saturated heterocycles. The molecule has 1 heterocycles. The first-order valence-corrected chi connectivity index (χ1v) is 10.7. The van der Waals surface area contributed by atoms with Gasteiger partial charge in [-0.3, -0.25) is 14.3 Å². The number of allylic oxidation sites excluding steroid dienone is 2. The van der Waals surface area contributed by atoms with Crippen LogP contribution in [0.15, 0.2) is 63.9 Å². The molecular weight excluding hydrogens is 414 g/mol. The highest BCUT2D eigenvalue weighted by molar-refractivity contribution is 6.10. The second kappa shape index (κ2) is 12.2. The second-order valence-electron chi connectivity index (χ2n) is 7.89. The van der Waals surface area contributed by atoms with Crippen LogP contribution < -0.4 is 15.8 Å². The van der Waals surface area contributed by atoms with Crippen LogP contribution >= 0.6 is 0 Å². The van der Waals surface area contributed by atoms with Crippen molar-refractivity contribution in [3.05, 3.63) is 70.2 Å². The van der Waals surface area contributed by atoms with Crippen molar-refractivity contribution in [2.45, 2.75) is 48.6 Å². The maximum Gasteiger partial charge on any atom is 0.297 e. The van der Waals surface area contributed by atoms with Crippen LogP contribution in [-0.2, 0) is 11.8 Å². The van der Waals surface area contributed by atoms with Crippen molar-refractivity contribution in [2.75, 3.05) is 19.6 Å². The van der Waals surface area contributed by atoms with Gasteiger partial charge in [0.15, 0.2) is 5.69 Å². The van der Waals surface area contributed by atoms with E-state index >= 15 is 0 Å². The summed E-state index contributed by atoms with van der Waals surface area (Å²) in [6, 6.07) is 9.81. The molecule has 0 radical (unpaired) electrons. The van der Waals surface area contributed by atoms with E-state index in [9.17, 15) is 9.59 Å². The SMILES string of the molecule is C.C.CC[NH+](CCNC(C)=O)C1C=CC(=Nc2c(C)n(C)n(-c3ccccc3)c2=O)C(C)=C1. The zero-order valence-electron chi connectivity index (χ0n) is 19.0. The Hall–Kier alpha value is -3.19. The summed E-state index contributed by atoms with van der Waals surface area (Å²) in [5, 5.41) is 2.87. The predicted octanol–water partition coefficient (Wildman–Crippen LogP) is 2.75. The average Bonchev–Trinajstić information content (AvgIpc) is 2.96. The Morgan fingerprint density at radius 1 is 1.18 bits per heavy atom. The first kappa shape index (κ1) is 27.8. The summed E-state index contributed by atoms with van der Waals surface area (Å²) < 4.78 is 3.49. The molecule has 180 valence electrons. The van der Waals surface area contributed by atoms with Crippen LogP contribution in [0.25, 0.3) is 5.69 Å². The van der Waals surface area contributed by atoms with Gasteiger partial charge in [-0.2, -0.15) is 0 Å². The third kappa shape index (κ3) is 6.20. The van der Waals surface area contributed by atoms with E-state index in [1.807, 2.05) is 62.0 Å². The standard InChI is InChI=1S/C24H31N5O2.2CH4/c1-6-28(15-14-25-19(4)30)21-12-13-22(17(2)16-21)26-23-18(3)27(5)29(24(23)31)20-10-8-7-9-11-20;;/h7-13,16,21H,6,14-15H2,1-5H3,(H,25,30);2*1H4/p+1. The molecule has 2 N–H and O–H groups in total. The molecule has 1 aromatic heterocycles. The number of para-hydroxylation sites is 1. The first-order chi connectivity index (χ1) is 14.8. The number of aliphatic imine (C=N–C) groups is 1. The maximum atomic E-state index is 13.1. The van der Waals surface area contributed by atoms with Gasteiger partial charge in [0.2, 0.25) is 5.91 Å². The summed E-state index contributed by atoms with van der Waals surface area (Å²) in [4.78, 5) is 30.4. The molecule has 2 unspecified atom stereocenters. The molecule has 3 rings (SSSR count). The highest BCUT2D eigenvalue weighted by Crippen LogP contribution is 2.19. The van der Waals surface area contributed by atoms with Crippen molar-refractivity contribution in [3.8, 4) is 5.69 Å². The van der Waals surface area contributed by atoms with Crippen molar-refractivity contribution in [2.24, 2.45) is 12.0 Å². The summed E-state index contributed by atoms with van der Waals surface area (Å²) in [6.45, 7) is 10.1. The summed E-state index contributed by atoms with van der Waals surface area (Å²) in [5.74, 6) is -0.00447. The number of carbonyl (C=O) groups is 1. The van der Waals surface area contributed by atoms with Crippen molar-refractivity contribution >= 4 is 17.3 Å². The molecule has 2 atom stereocenters. The number of aromatic nitrogens is 2. The van der Waals surface area contributed by atoms with Gasteiger partial charge in [0.1, 0.15) is 6.04 Å². The fourth-order valence-electron chi connectivity index (χ4n) is 3.90. The lowest BCUT2D eigenvalue weighted by Crippen LogP contribution is -3.15. The van der Waals surface area contributed by atoms with Gasteiger partial charge in [-0.1, -0.05) is 33.1 Å². The summed E-state index contributed by atoms with van der Waals surface area (Å²) in [7, 11) is 1.88. The molecule has 0 aliphatic heterocycles. The van der Waals surface area contributed by atoms with Crippen LogP contribution in [0.3, 0.4) is 0 Å². The molecule has 1 aliphatic carbocycles. The number of quaternary nitrogens is 1. The Morgan fingerprint density at radius 2 is 1.85 bits per heavy atom. The molecule has 1 aliphatic rings. The topological polar surface area (TPSA) is 72.8 Å². The Balaban J connectivity index is 0.00000272. The number of nitrogens with one attached hydrogen (secondary N) is 2. The third-order valence-corrected chi connectivity index (χ3v) is 5.80. The van der Waals surface area contributed by atoms with Crippen molar-refractivity contribution in [1.82, 2.24) is 14.7 Å². The number of nitrogens with zero attached hydrogens (tertiary/aromatic N) is 3. The zero-order chi connectivity index (χ0) is 22.5. The van der Waals surface area contributed by atoms with Crippen LogP contribution in [0.5, 0.6) is 0 Å². The van der Waals surface area contributed by atoms with Crippen LogP contribution in [0.1, 0.15) is 41.3 Å². The maximum absolute atomic E-state index is 13.1. The molecule has 7 heteroatoms. The number of carbonyl (C=O) groups excluding carboxylic acids is 1. The minimum absolute atomic E-state index is 0. The van der Waals surface area contributed by atoms with Gasteiger partial charge in [-0.05, 0) is 56.7 Å². The van der Waals surface area contributed by atoms with Gasteiger partial charge in [-0.15, -0.1) is 0 Å². The van der Waals surface area contributed by atoms with Gasteiger partial charge in [0, 0.05) is 14.0 Å². The van der Waals surface area contributed by atoms with E-state index in [0.29, 0.717) is 12.2 Å². The number of rotatable bonds is 7. The number of likely N-dealkylation sites (N-methyl/N-ethyl adjacent to an activating group) is 1. The van der Waals surface area contributed by atoms with E-state index in [1.165, 1.54) is 11.8 Å². The normalized spacial score (nSPS) is 17.1. The molecule has 7 nitrogen and oxygen atoms in total. The molecule has 1 amide bonds. The van der Waals surface area contributed by atoms with Crippen molar-refractivity contribution in [3.63, 3.8) is 0 Å². The number of hydrogen-bond donors (Lipinski definition) is 2. The molecule has 33 heavy (non-hydrogen) atoms. The fraction of sp³-hybridized carbons (Fsp3) is 0.423. The van der Waals surface area contributed by atoms with Gasteiger partial charge < -0.3 is 10.2 Å². The minimum Gasteiger partial charge on any atom is -0.351 e. The van der Waals surface area contributed by atoms with Crippen molar-refractivity contribution in [1.29, 1.82) is 0 Å². The Bertz CT molecular complexity index is 1090. The second-order valence-corrected chi connectivity index (χ2v) is 7.89. The van der Waals surface area contributed by atoms with Crippen LogP contribution in [0.4, 0.5) is 5.69 Å². The number of amides is 1. The molecule has 0 saturated carbocycles. The lowest BCUT2D eigenvalue weighted by molar-refractivity contribution is -0.909. The molecule has 0 spiro atoms. The van der Waals surface area contributed by atoms with E-state index < -0.39 is 0 Å². The Morgan fingerprint density at radius 3 is 2.42 bits per heavy atom. The Kier molecular flexibility index (Phi) is 10.3. The van der Waals surface area contributed by atoms with E-state index in [-0.39, 0.29) is 32.4 Å². The summed E-state index contributed by atoms with van der Waals surface area (Å²) in [6.07, 6.45) is 6.33. The van der Waals surface area contributed by atoms with Gasteiger partial charge in [-0.25, -0.2) is 9.67 Å². The van der Waals surface area contributed by atoms with Crippen LogP contribution in [-0.4, -0.2) is 46.7 Å². The van der Waals surface area contributed by atoms with Crippen LogP contribution in [0.2, 0.25) is 0 Å². The van der Waals surface area contributed by atoms with Gasteiger partial charge in [0.05, 0.1) is 36.7 Å². The highest BCUT2D eigenvalue weighted by Gasteiger charge is 2.21. The monoisotopic (exact) mass is 454 g/mol. The lowest BCUT2D eigenvalue weighted by Gasteiger charge is -2.26. The van der Waals surface area contributed by atoms with Crippen molar-refractivity contribution < 1.29 is 9.69 Å². The number of benzene rings is 1. The van der Waals surface area contributed by atoms with Gasteiger partial charge >= 0.3 is 0 Å². The molecule has 0 bridgehead atoms. The molecule has 0 fully saturated rings. The summed E-state index contributed by atoms with van der Waals surface area (Å²) in [5.41, 5.74) is 3.82. The quantitative estimate of drug-likeness (QED) is 0.675. The molecular formula is C26H40N5O2+. The highest BCUT2D eigenvalue weighted by atomic mass is 16.1. The molecule has 1 aromatic carbocycles.